The first-order chi connectivity index (χ1) is 9.43. The number of nitrogens with zero attached hydrogens (tertiary/aromatic N) is 2. The Kier molecular flexibility index (Phi) is 2.38. The van der Waals surface area contributed by atoms with Crippen LogP contribution in [0.3, 0.4) is 0 Å². The molecule has 0 aliphatic carbocycles. The Hall–Kier alpha value is -2.13. The molecule has 0 saturated heterocycles. The monoisotopic (exact) mass is 250 g/mol. The van der Waals surface area contributed by atoms with Crippen molar-refractivity contribution >= 4 is 11.0 Å². The van der Waals surface area contributed by atoms with Crippen molar-refractivity contribution in [3.05, 3.63) is 66.0 Å². The van der Waals surface area contributed by atoms with Gasteiger partial charge in [-0.2, -0.15) is 0 Å². The molecule has 94 valence electrons. The van der Waals surface area contributed by atoms with E-state index in [1.54, 1.807) is 0 Å². The maximum Gasteiger partial charge on any atom is 0.143 e. The van der Waals surface area contributed by atoms with Gasteiger partial charge in [-0.25, -0.2) is 4.98 Å². The molecule has 1 aromatic heterocycles. The molecule has 19 heavy (non-hydrogen) atoms. The Morgan fingerprint density at radius 3 is 2.68 bits per heavy atom. The fourth-order valence-corrected chi connectivity index (χ4v) is 2.74. The minimum atomic E-state index is -0.0534. The lowest BCUT2D eigenvalue weighted by atomic mass is 10.1. The molecule has 4 rings (SSSR count). The van der Waals surface area contributed by atoms with Crippen molar-refractivity contribution in [1.82, 2.24) is 9.55 Å². The van der Waals surface area contributed by atoms with Gasteiger partial charge in [0.2, 0.25) is 0 Å². The van der Waals surface area contributed by atoms with E-state index >= 15 is 0 Å². The van der Waals surface area contributed by atoms with Gasteiger partial charge in [-0.15, -0.1) is 0 Å². The average molecular weight is 250 g/mol. The van der Waals surface area contributed by atoms with Gasteiger partial charge in [0.15, 0.2) is 0 Å². The summed E-state index contributed by atoms with van der Waals surface area (Å²) in [5.74, 6) is 1.01. The van der Waals surface area contributed by atoms with Crippen molar-refractivity contribution in [3.63, 3.8) is 0 Å². The Labute approximate surface area is 111 Å². The zero-order valence-corrected chi connectivity index (χ0v) is 10.5. The normalized spacial score (nSPS) is 18.4. The van der Waals surface area contributed by atoms with Gasteiger partial charge in [-0.05, 0) is 17.7 Å². The van der Waals surface area contributed by atoms with E-state index < -0.39 is 0 Å². The van der Waals surface area contributed by atoms with Crippen LogP contribution in [-0.2, 0) is 11.3 Å². The van der Waals surface area contributed by atoms with Gasteiger partial charge in [-0.3, -0.25) is 0 Å². The molecule has 0 saturated carbocycles. The SMILES string of the molecule is c1ccc(C2OCCn3c2nc2ccccc23)cc1. The molecule has 2 heterocycles. The molecular weight excluding hydrogens is 236 g/mol. The van der Waals surface area contributed by atoms with Crippen LogP contribution in [0.15, 0.2) is 54.6 Å². The molecular formula is C16H14N2O. The molecule has 1 aliphatic rings. The van der Waals surface area contributed by atoms with Crippen LogP contribution < -0.4 is 0 Å². The van der Waals surface area contributed by atoms with E-state index in [2.05, 4.69) is 34.9 Å². The Balaban J connectivity index is 1.91. The molecule has 0 amide bonds. The van der Waals surface area contributed by atoms with Crippen molar-refractivity contribution < 1.29 is 4.74 Å². The number of ether oxygens (including phenoxy) is 1. The van der Waals surface area contributed by atoms with Crippen LogP contribution in [0.1, 0.15) is 17.5 Å². The predicted octanol–water partition coefficient (Wildman–Crippen LogP) is 3.16. The van der Waals surface area contributed by atoms with Crippen molar-refractivity contribution in [2.45, 2.75) is 12.6 Å². The summed E-state index contributed by atoms with van der Waals surface area (Å²) < 4.78 is 8.21. The van der Waals surface area contributed by atoms with Gasteiger partial charge >= 0.3 is 0 Å². The smallest absolute Gasteiger partial charge is 0.143 e. The molecule has 0 radical (unpaired) electrons. The highest BCUT2D eigenvalue weighted by Crippen LogP contribution is 2.31. The summed E-state index contributed by atoms with van der Waals surface area (Å²) in [7, 11) is 0. The van der Waals surface area contributed by atoms with Crippen LogP contribution in [0, 0.1) is 0 Å². The predicted molar refractivity (Wildman–Crippen MR) is 74.0 cm³/mol. The molecule has 0 N–H and O–H groups in total. The van der Waals surface area contributed by atoms with Crippen LogP contribution in [0.4, 0.5) is 0 Å². The highest BCUT2D eigenvalue weighted by Gasteiger charge is 2.25. The molecule has 0 bridgehead atoms. The molecule has 0 spiro atoms. The fourth-order valence-electron chi connectivity index (χ4n) is 2.74. The number of para-hydroxylation sites is 2. The van der Waals surface area contributed by atoms with E-state index in [9.17, 15) is 0 Å². The minimum Gasteiger partial charge on any atom is -0.364 e. The third-order valence-electron chi connectivity index (χ3n) is 3.62. The quantitative estimate of drug-likeness (QED) is 0.663. The fraction of sp³-hybridized carbons (Fsp3) is 0.188. The number of benzene rings is 2. The molecule has 3 aromatic rings. The van der Waals surface area contributed by atoms with Crippen molar-refractivity contribution in [2.24, 2.45) is 0 Å². The summed E-state index contributed by atoms with van der Waals surface area (Å²) >= 11 is 0. The van der Waals surface area contributed by atoms with Gasteiger partial charge in [-0.1, -0.05) is 42.5 Å². The molecule has 1 unspecified atom stereocenters. The van der Waals surface area contributed by atoms with Crippen molar-refractivity contribution in [2.75, 3.05) is 6.61 Å². The number of hydrogen-bond donors (Lipinski definition) is 0. The van der Waals surface area contributed by atoms with Gasteiger partial charge in [0, 0.05) is 6.54 Å². The zero-order chi connectivity index (χ0) is 12.7. The van der Waals surface area contributed by atoms with Gasteiger partial charge in [0.1, 0.15) is 11.9 Å². The van der Waals surface area contributed by atoms with Crippen LogP contribution >= 0.6 is 0 Å². The molecule has 1 atom stereocenters. The minimum absolute atomic E-state index is 0.0534. The Morgan fingerprint density at radius 1 is 1.00 bits per heavy atom. The number of hydrogen-bond acceptors (Lipinski definition) is 2. The van der Waals surface area contributed by atoms with E-state index in [4.69, 9.17) is 9.72 Å². The summed E-state index contributed by atoms with van der Waals surface area (Å²) in [4.78, 5) is 4.75. The first kappa shape index (κ1) is 10.8. The highest BCUT2D eigenvalue weighted by atomic mass is 16.5. The zero-order valence-electron chi connectivity index (χ0n) is 10.5. The maximum atomic E-state index is 5.94. The van der Waals surface area contributed by atoms with E-state index in [0.717, 1.165) is 24.5 Å². The van der Waals surface area contributed by atoms with Gasteiger partial charge in [0.05, 0.1) is 17.6 Å². The topological polar surface area (TPSA) is 27.1 Å². The number of fused-ring (bicyclic) bond motifs is 3. The summed E-state index contributed by atoms with van der Waals surface area (Å²) in [5, 5.41) is 0. The second-order valence-electron chi connectivity index (χ2n) is 4.77. The lowest BCUT2D eigenvalue weighted by Gasteiger charge is -2.24. The summed E-state index contributed by atoms with van der Waals surface area (Å²) in [5.41, 5.74) is 3.41. The third kappa shape index (κ3) is 1.66. The van der Waals surface area contributed by atoms with E-state index in [0.29, 0.717) is 0 Å². The molecule has 3 nitrogen and oxygen atoms in total. The lowest BCUT2D eigenvalue weighted by Crippen LogP contribution is -2.22. The molecule has 3 heteroatoms. The largest absolute Gasteiger partial charge is 0.364 e. The van der Waals surface area contributed by atoms with Crippen molar-refractivity contribution in [1.29, 1.82) is 0 Å². The van der Waals surface area contributed by atoms with Crippen LogP contribution in [0.2, 0.25) is 0 Å². The Morgan fingerprint density at radius 2 is 1.79 bits per heavy atom. The molecule has 0 fully saturated rings. The number of imidazole rings is 1. The first-order valence-electron chi connectivity index (χ1n) is 6.55. The third-order valence-corrected chi connectivity index (χ3v) is 3.62. The van der Waals surface area contributed by atoms with Crippen LogP contribution in [0.25, 0.3) is 11.0 Å². The summed E-state index contributed by atoms with van der Waals surface area (Å²) in [6.07, 6.45) is -0.0534. The average Bonchev–Trinajstić information content (AvgIpc) is 2.87. The second kappa shape index (κ2) is 4.21. The standard InChI is InChI=1S/C16H14N2O/c1-2-6-12(7-3-1)15-16-17-13-8-4-5-9-14(13)18(16)10-11-19-15/h1-9,15H,10-11H2. The van der Waals surface area contributed by atoms with Crippen molar-refractivity contribution in [3.8, 4) is 0 Å². The molecule has 1 aliphatic heterocycles. The van der Waals surface area contributed by atoms with Crippen LogP contribution in [-0.4, -0.2) is 16.2 Å². The maximum absolute atomic E-state index is 5.94. The summed E-state index contributed by atoms with van der Waals surface area (Å²) in [6.45, 7) is 1.60. The van der Waals surface area contributed by atoms with Gasteiger partial charge in [0.25, 0.3) is 0 Å². The summed E-state index contributed by atoms with van der Waals surface area (Å²) in [6, 6.07) is 18.6. The molecule has 2 aromatic carbocycles. The van der Waals surface area contributed by atoms with E-state index in [1.165, 1.54) is 11.1 Å². The lowest BCUT2D eigenvalue weighted by molar-refractivity contribution is 0.0442. The van der Waals surface area contributed by atoms with Gasteiger partial charge < -0.3 is 9.30 Å². The first-order valence-corrected chi connectivity index (χ1v) is 6.55. The van der Waals surface area contributed by atoms with E-state index in [1.807, 2.05) is 24.3 Å². The number of aromatic nitrogens is 2. The Bertz CT molecular complexity index is 718. The highest BCUT2D eigenvalue weighted by molar-refractivity contribution is 5.76. The van der Waals surface area contributed by atoms with Crippen LogP contribution in [0.5, 0.6) is 0 Å². The second-order valence-corrected chi connectivity index (χ2v) is 4.77. The number of rotatable bonds is 1. The van der Waals surface area contributed by atoms with E-state index in [-0.39, 0.29) is 6.10 Å².